The van der Waals surface area contributed by atoms with E-state index in [1.165, 1.54) is 16.4 Å². The highest BCUT2D eigenvalue weighted by atomic mass is 35.5. The third-order valence-corrected chi connectivity index (χ3v) is 13.6. The predicted octanol–water partition coefficient (Wildman–Crippen LogP) is 6.08. The van der Waals surface area contributed by atoms with E-state index in [9.17, 15) is 19.5 Å². The molecule has 1 heterocycles. The third-order valence-electron chi connectivity index (χ3n) is 12.1. The summed E-state index contributed by atoms with van der Waals surface area (Å²) in [4.78, 5) is 40.0. The van der Waals surface area contributed by atoms with Crippen LogP contribution in [0.3, 0.4) is 0 Å². The zero-order valence-electron chi connectivity index (χ0n) is 29.6. The molecule has 0 unspecified atom stereocenters. The number of carbonyl (C=O) groups is 3. The van der Waals surface area contributed by atoms with Gasteiger partial charge in [0.2, 0.25) is 5.91 Å². The van der Waals surface area contributed by atoms with Crippen molar-refractivity contribution in [1.82, 2.24) is 20.3 Å². The number of nitrogens with one attached hydrogen (secondary N) is 2. The number of nitrogens with zero attached hydrogens (tertiary/aromatic N) is 3. The Labute approximate surface area is 299 Å². The van der Waals surface area contributed by atoms with Gasteiger partial charge in [0.25, 0.3) is 0 Å². The van der Waals surface area contributed by atoms with Crippen LogP contribution in [0, 0.1) is 34.0 Å². The number of esters is 1. The number of benzene rings is 1. The van der Waals surface area contributed by atoms with E-state index in [2.05, 4.69) is 48.3 Å². The molecule has 2 bridgehead atoms. The molecule has 10 nitrogen and oxygen atoms in total. The molecule has 3 saturated carbocycles. The van der Waals surface area contributed by atoms with Crippen molar-refractivity contribution in [3.63, 3.8) is 0 Å². The Morgan fingerprint density at radius 3 is 2.63 bits per heavy atom. The average molecular weight is 714 g/mol. The summed E-state index contributed by atoms with van der Waals surface area (Å²) in [6.07, 6.45) is 5.77. The Kier molecular flexibility index (Phi) is 11.0. The second-order valence-electron chi connectivity index (χ2n) is 15.7. The molecule has 3 aliphatic rings. The van der Waals surface area contributed by atoms with Crippen LogP contribution in [0.15, 0.2) is 43.1 Å². The number of Topliss-reactive ketones (excluding diaryl/α,β-unsaturated/α-hetero) is 1. The average Bonchev–Trinajstić information content (AvgIpc) is 3.67. The van der Waals surface area contributed by atoms with E-state index in [0.29, 0.717) is 36.6 Å². The van der Waals surface area contributed by atoms with Gasteiger partial charge >= 0.3 is 5.97 Å². The standard InChI is InChI=1S/C37H52ClN5O5S/c1-8-35(6)17-29(36(7)23(2)13-15-37(24(3)33(35)47)16-14-28(44)32(36)37)48-31(46)21-49-34(4,5)22-40-30(45)20-43-19-27(41-42-43)18-39-26-11-9-25(38)10-12-26/h8-12,19,23-24,29,32-33,39,47H,1,13-18,20-22H2,2-7H3,(H,40,45)/t23-,24+,29-,32+,33+,35-,36+,37+/m1/s1. The number of aliphatic hydroxyl groups is 1. The number of hydrogen-bond acceptors (Lipinski definition) is 9. The molecule has 2 aromatic rings. The number of thioether (sulfide) groups is 1. The molecule has 0 saturated heterocycles. The summed E-state index contributed by atoms with van der Waals surface area (Å²) in [5, 5.41) is 26.8. The minimum Gasteiger partial charge on any atom is -0.461 e. The van der Waals surface area contributed by atoms with Gasteiger partial charge in [0.1, 0.15) is 24.1 Å². The summed E-state index contributed by atoms with van der Waals surface area (Å²) in [6.45, 7) is 17.3. The first-order valence-corrected chi connectivity index (χ1v) is 18.7. The SMILES string of the molecule is C=C[C@]1(C)C[C@@H](OC(=O)CSC(C)(C)CNC(=O)Cn2cc(CNc3ccc(Cl)cc3)nn2)[C@]2(C)[C@H](C)CC[C@]3(CCC(=O)[C@H]32)[C@@H](C)[C@@H]1O. The van der Waals surface area contributed by atoms with Crippen molar-refractivity contribution in [2.75, 3.05) is 17.6 Å². The molecule has 1 aromatic carbocycles. The molecule has 8 atom stereocenters. The molecule has 1 amide bonds. The zero-order valence-corrected chi connectivity index (χ0v) is 31.2. The van der Waals surface area contributed by atoms with E-state index in [1.807, 2.05) is 39.0 Å². The van der Waals surface area contributed by atoms with Gasteiger partial charge in [-0.3, -0.25) is 14.4 Å². The Morgan fingerprint density at radius 2 is 1.94 bits per heavy atom. The van der Waals surface area contributed by atoms with Gasteiger partial charge < -0.3 is 20.5 Å². The molecule has 3 N–H and O–H groups in total. The van der Waals surface area contributed by atoms with E-state index in [4.69, 9.17) is 16.3 Å². The smallest absolute Gasteiger partial charge is 0.316 e. The summed E-state index contributed by atoms with van der Waals surface area (Å²) >= 11 is 7.36. The molecule has 0 spiro atoms. The number of amides is 1. The lowest BCUT2D eigenvalue weighted by Crippen LogP contribution is -2.63. The first-order chi connectivity index (χ1) is 23.0. The van der Waals surface area contributed by atoms with Gasteiger partial charge in [0.15, 0.2) is 0 Å². The number of hydrogen-bond donors (Lipinski definition) is 3. The fraction of sp³-hybridized carbons (Fsp3) is 0.649. The van der Waals surface area contributed by atoms with Crippen molar-refractivity contribution in [3.05, 3.63) is 53.8 Å². The fourth-order valence-corrected chi connectivity index (χ4v) is 9.65. The molecule has 1 aromatic heterocycles. The molecule has 3 fully saturated rings. The first kappa shape index (κ1) is 37.4. The number of halogens is 1. The van der Waals surface area contributed by atoms with Crippen LogP contribution in [-0.2, 0) is 32.2 Å². The summed E-state index contributed by atoms with van der Waals surface area (Å²) < 4.78 is 7.41. The monoisotopic (exact) mass is 713 g/mol. The topological polar surface area (TPSA) is 135 Å². The Hall–Kier alpha value is -2.89. The highest BCUT2D eigenvalue weighted by Crippen LogP contribution is 2.68. The lowest BCUT2D eigenvalue weighted by Gasteiger charge is -2.61. The van der Waals surface area contributed by atoms with Crippen LogP contribution >= 0.6 is 23.4 Å². The second-order valence-corrected chi connectivity index (χ2v) is 17.8. The quantitative estimate of drug-likeness (QED) is 0.177. The zero-order chi connectivity index (χ0) is 35.8. The Bertz CT molecular complexity index is 1550. The Morgan fingerprint density at radius 1 is 1.22 bits per heavy atom. The van der Waals surface area contributed by atoms with Crippen LogP contribution in [0.25, 0.3) is 0 Å². The number of aromatic nitrogens is 3. The maximum atomic E-state index is 13.6. The third kappa shape index (κ3) is 7.59. The fourth-order valence-electron chi connectivity index (χ4n) is 8.77. The maximum Gasteiger partial charge on any atom is 0.316 e. The summed E-state index contributed by atoms with van der Waals surface area (Å²) in [6, 6.07) is 7.35. The number of carbonyl (C=O) groups excluding carboxylic acids is 3. The van der Waals surface area contributed by atoms with E-state index in [-0.39, 0.29) is 53.1 Å². The van der Waals surface area contributed by atoms with Crippen LogP contribution < -0.4 is 10.6 Å². The minimum absolute atomic E-state index is 0.0170. The Balaban J connectivity index is 1.17. The van der Waals surface area contributed by atoms with E-state index in [0.717, 1.165) is 24.9 Å². The lowest BCUT2D eigenvalue weighted by molar-refractivity contribution is -0.205. The number of ether oxygens (including phenoxy) is 1. The largest absolute Gasteiger partial charge is 0.461 e. The van der Waals surface area contributed by atoms with Crippen molar-refractivity contribution >= 4 is 46.7 Å². The van der Waals surface area contributed by atoms with Gasteiger partial charge in [-0.2, -0.15) is 0 Å². The van der Waals surface area contributed by atoms with Crippen molar-refractivity contribution in [1.29, 1.82) is 0 Å². The highest BCUT2D eigenvalue weighted by molar-refractivity contribution is 8.01. The van der Waals surface area contributed by atoms with E-state index < -0.39 is 27.8 Å². The number of aliphatic hydroxyl groups excluding tert-OH is 1. The van der Waals surface area contributed by atoms with Gasteiger partial charge in [-0.05, 0) is 81.0 Å². The van der Waals surface area contributed by atoms with Crippen molar-refractivity contribution in [2.45, 2.75) is 104 Å². The number of rotatable bonds is 12. The molecule has 0 aliphatic heterocycles. The highest BCUT2D eigenvalue weighted by Gasteiger charge is 2.68. The van der Waals surface area contributed by atoms with Gasteiger partial charge in [-0.25, -0.2) is 4.68 Å². The normalized spacial score (nSPS) is 32.8. The van der Waals surface area contributed by atoms with Gasteiger partial charge in [0, 0.05) is 45.2 Å². The molecular weight excluding hydrogens is 662 g/mol. The van der Waals surface area contributed by atoms with Crippen LogP contribution in [0.1, 0.15) is 79.3 Å². The van der Waals surface area contributed by atoms with Crippen molar-refractivity contribution in [3.8, 4) is 0 Å². The van der Waals surface area contributed by atoms with Crippen LogP contribution in [0.4, 0.5) is 5.69 Å². The van der Waals surface area contributed by atoms with E-state index in [1.54, 1.807) is 18.3 Å². The predicted molar refractivity (Wildman–Crippen MR) is 193 cm³/mol. The number of anilines is 1. The summed E-state index contributed by atoms with van der Waals surface area (Å²) in [5.74, 6) is -0.424. The van der Waals surface area contributed by atoms with Crippen molar-refractivity contribution in [2.24, 2.45) is 34.0 Å². The molecule has 12 heteroatoms. The van der Waals surface area contributed by atoms with Crippen LogP contribution in [0.2, 0.25) is 5.02 Å². The summed E-state index contributed by atoms with van der Waals surface area (Å²) in [5.41, 5.74) is 0.0443. The number of ketones is 1. The van der Waals surface area contributed by atoms with Gasteiger partial charge in [0.05, 0.1) is 24.6 Å². The lowest BCUT2D eigenvalue weighted by atomic mass is 9.44. The molecule has 5 rings (SSSR count). The van der Waals surface area contributed by atoms with Gasteiger partial charge in [-0.15, -0.1) is 23.4 Å². The first-order valence-electron chi connectivity index (χ1n) is 17.4. The van der Waals surface area contributed by atoms with Crippen LogP contribution in [-0.4, -0.2) is 67.0 Å². The van der Waals surface area contributed by atoms with Crippen molar-refractivity contribution < 1.29 is 24.2 Å². The van der Waals surface area contributed by atoms with Crippen LogP contribution in [0.5, 0.6) is 0 Å². The molecule has 268 valence electrons. The second kappa shape index (κ2) is 14.4. The van der Waals surface area contributed by atoms with Gasteiger partial charge in [-0.1, -0.05) is 50.6 Å². The molecule has 49 heavy (non-hydrogen) atoms. The molecular formula is C37H52ClN5O5S. The minimum atomic E-state index is -0.704. The molecule has 3 aliphatic carbocycles. The van der Waals surface area contributed by atoms with E-state index >= 15 is 0 Å². The maximum absolute atomic E-state index is 13.6. The summed E-state index contributed by atoms with van der Waals surface area (Å²) in [7, 11) is 0. The molecule has 0 radical (unpaired) electrons.